The quantitative estimate of drug-likeness (QED) is 0.509. The third-order valence-corrected chi connectivity index (χ3v) is 3.56. The van der Waals surface area contributed by atoms with Crippen molar-refractivity contribution in [3.63, 3.8) is 0 Å². The lowest BCUT2D eigenvalue weighted by atomic mass is 10.1. The number of para-hydroxylation sites is 1. The molecule has 7 heteroatoms. The Morgan fingerprint density at radius 3 is 2.48 bits per heavy atom. The zero-order chi connectivity index (χ0) is 18.4. The van der Waals surface area contributed by atoms with Crippen LogP contribution in [0.4, 0.5) is 0 Å². The van der Waals surface area contributed by atoms with E-state index in [1.165, 1.54) is 0 Å². The molecule has 0 spiro atoms. The molecule has 0 atom stereocenters. The summed E-state index contributed by atoms with van der Waals surface area (Å²) < 4.78 is 5.77. The topological polar surface area (TPSA) is 94.9 Å². The number of hydrogen-bond donors (Lipinski definition) is 3. The molecule has 4 N–H and O–H groups in total. The zero-order valence-electron chi connectivity index (χ0n) is 13.0. The number of allylic oxidation sites excluding steroid dienone is 1. The van der Waals surface area contributed by atoms with Crippen molar-refractivity contribution < 1.29 is 4.74 Å². The lowest BCUT2D eigenvalue weighted by molar-refractivity contribution is 0.483. The number of ether oxygens (including phenoxy) is 1. The Morgan fingerprint density at radius 2 is 1.92 bits per heavy atom. The molecule has 0 saturated carbocycles. The molecule has 2 rings (SSSR count). The van der Waals surface area contributed by atoms with Crippen LogP contribution in [0.25, 0.3) is 5.70 Å². The van der Waals surface area contributed by atoms with Gasteiger partial charge in [0.25, 0.3) is 0 Å². The fourth-order valence-electron chi connectivity index (χ4n) is 2.01. The minimum atomic E-state index is -0.424. The van der Waals surface area contributed by atoms with Crippen LogP contribution < -0.4 is 15.8 Å². The monoisotopic (exact) mass is 372 g/mol. The van der Waals surface area contributed by atoms with Gasteiger partial charge < -0.3 is 15.8 Å². The molecule has 0 aliphatic heterocycles. The Kier molecular flexibility index (Phi) is 6.07. The number of nitrogens with one attached hydrogen (secondary N) is 2. The average molecular weight is 373 g/mol. The Balaban J connectivity index is 2.53. The first kappa shape index (κ1) is 18.4. The largest absolute Gasteiger partial charge is 0.456 e. The first-order valence-corrected chi connectivity index (χ1v) is 7.81. The van der Waals surface area contributed by atoms with E-state index >= 15 is 0 Å². The molecule has 0 radical (unpaired) electrons. The molecule has 2 aromatic rings. The minimum absolute atomic E-state index is 0.0822. The van der Waals surface area contributed by atoms with Gasteiger partial charge in [0.05, 0.1) is 16.5 Å². The lowest BCUT2D eigenvalue weighted by Crippen LogP contribution is -2.20. The predicted octanol–water partition coefficient (Wildman–Crippen LogP) is 4.60. The summed E-state index contributed by atoms with van der Waals surface area (Å²) in [5.74, 6) is 1.08. The Labute approximate surface area is 155 Å². The fraction of sp³-hybridized carbons (Fsp3) is 0. The second kappa shape index (κ2) is 8.25. The number of halogens is 2. The van der Waals surface area contributed by atoms with E-state index in [-0.39, 0.29) is 17.1 Å². The molecule has 0 aliphatic rings. The average Bonchev–Trinajstić information content (AvgIpc) is 2.57. The number of hydrogen-bond acceptors (Lipinski definition) is 5. The number of nitriles is 1. The van der Waals surface area contributed by atoms with Crippen LogP contribution in [0.5, 0.6) is 11.5 Å². The van der Waals surface area contributed by atoms with E-state index in [1.54, 1.807) is 30.3 Å². The first-order valence-electron chi connectivity index (χ1n) is 7.05. The van der Waals surface area contributed by atoms with Crippen molar-refractivity contribution in [2.24, 2.45) is 5.73 Å². The second-order valence-corrected chi connectivity index (χ2v) is 5.67. The van der Waals surface area contributed by atoms with Crippen molar-refractivity contribution >= 4 is 34.1 Å². The third-order valence-electron chi connectivity index (χ3n) is 3.06. The normalized spacial score (nSPS) is 11.1. The van der Waals surface area contributed by atoms with Gasteiger partial charge in [-0.25, -0.2) is 0 Å². The van der Waals surface area contributed by atoms with Crippen molar-refractivity contribution in [2.45, 2.75) is 0 Å². The van der Waals surface area contributed by atoms with Gasteiger partial charge in [-0.1, -0.05) is 54.0 Å². The zero-order valence-corrected chi connectivity index (χ0v) is 14.5. The van der Waals surface area contributed by atoms with Gasteiger partial charge in [-0.05, 0) is 24.3 Å². The second-order valence-electron chi connectivity index (χ2n) is 4.89. The summed E-state index contributed by atoms with van der Waals surface area (Å²) in [7, 11) is 0. The fourth-order valence-corrected chi connectivity index (χ4v) is 2.30. The molecular weight excluding hydrogens is 359 g/mol. The molecule has 0 aliphatic carbocycles. The Bertz CT molecular complexity index is 886. The maximum Gasteiger partial charge on any atom is 0.146 e. The van der Waals surface area contributed by atoms with E-state index in [4.69, 9.17) is 39.1 Å². The van der Waals surface area contributed by atoms with Crippen molar-refractivity contribution in [1.82, 2.24) is 5.32 Å². The Morgan fingerprint density at radius 1 is 1.24 bits per heavy atom. The highest BCUT2D eigenvalue weighted by Crippen LogP contribution is 2.32. The molecule has 0 fully saturated rings. The van der Waals surface area contributed by atoms with Gasteiger partial charge in [0, 0.05) is 5.56 Å². The number of benzene rings is 2. The minimum Gasteiger partial charge on any atom is -0.456 e. The van der Waals surface area contributed by atoms with E-state index < -0.39 is 5.17 Å². The summed E-state index contributed by atoms with van der Waals surface area (Å²) in [6, 6.07) is 15.9. The number of rotatable bonds is 6. The predicted molar refractivity (Wildman–Crippen MR) is 101 cm³/mol. The van der Waals surface area contributed by atoms with E-state index in [2.05, 4.69) is 11.9 Å². The summed E-state index contributed by atoms with van der Waals surface area (Å²) in [5, 5.41) is 19.6. The molecule has 0 bridgehead atoms. The molecule has 25 heavy (non-hydrogen) atoms. The van der Waals surface area contributed by atoms with E-state index in [0.29, 0.717) is 22.1 Å². The van der Waals surface area contributed by atoms with Gasteiger partial charge in [0.1, 0.15) is 28.3 Å². The van der Waals surface area contributed by atoms with Gasteiger partial charge in [-0.3, -0.25) is 5.41 Å². The smallest absolute Gasteiger partial charge is 0.146 e. The molecule has 5 nitrogen and oxygen atoms in total. The van der Waals surface area contributed by atoms with Crippen LogP contribution in [-0.2, 0) is 0 Å². The third kappa shape index (κ3) is 4.77. The summed E-state index contributed by atoms with van der Waals surface area (Å²) >= 11 is 11.9. The highest BCUT2D eigenvalue weighted by Gasteiger charge is 2.15. The number of nitrogens with two attached hydrogens (primary N) is 1. The van der Waals surface area contributed by atoms with Crippen LogP contribution in [0.1, 0.15) is 5.56 Å². The van der Waals surface area contributed by atoms with E-state index in [9.17, 15) is 5.26 Å². The molecule has 0 unspecified atom stereocenters. The summed E-state index contributed by atoms with van der Waals surface area (Å²) in [4.78, 5) is 0. The van der Waals surface area contributed by atoms with Crippen LogP contribution in [0, 0.1) is 16.7 Å². The van der Waals surface area contributed by atoms with Gasteiger partial charge in [0.2, 0.25) is 0 Å². The summed E-state index contributed by atoms with van der Waals surface area (Å²) in [6.45, 7) is 3.56. The standard InChI is InChI=1S/C18H14Cl2N4O/c1-11(22)24-17(14(10-21)18(20)23)12-7-8-15(19)16(9-12)25-13-5-3-2-4-6-13/h2-9,23-24H,1,22H2. The molecule has 0 aromatic heterocycles. The van der Waals surface area contributed by atoms with E-state index in [0.717, 1.165) is 0 Å². The molecule has 126 valence electrons. The van der Waals surface area contributed by atoms with Gasteiger partial charge in [-0.15, -0.1) is 0 Å². The van der Waals surface area contributed by atoms with Crippen LogP contribution in [0.15, 0.2) is 66.5 Å². The van der Waals surface area contributed by atoms with Crippen LogP contribution in [-0.4, -0.2) is 5.17 Å². The summed E-state index contributed by atoms with van der Waals surface area (Å²) in [5.41, 5.74) is 6.27. The first-order chi connectivity index (χ1) is 11.9. The van der Waals surface area contributed by atoms with Crippen LogP contribution in [0.2, 0.25) is 5.02 Å². The van der Waals surface area contributed by atoms with Crippen molar-refractivity contribution in [3.05, 3.63) is 77.1 Å². The van der Waals surface area contributed by atoms with Gasteiger partial charge in [0.15, 0.2) is 0 Å². The van der Waals surface area contributed by atoms with Crippen LogP contribution >= 0.6 is 23.2 Å². The van der Waals surface area contributed by atoms with Crippen molar-refractivity contribution in [3.8, 4) is 17.6 Å². The van der Waals surface area contributed by atoms with E-state index in [1.807, 2.05) is 24.3 Å². The SMILES string of the molecule is C=C(N)NC(=C(C#N)C(=N)Cl)c1ccc(Cl)c(Oc2ccccc2)c1. The molecule has 2 aromatic carbocycles. The van der Waals surface area contributed by atoms with Crippen LogP contribution in [0.3, 0.4) is 0 Å². The summed E-state index contributed by atoms with van der Waals surface area (Å²) in [6.07, 6.45) is 0. The van der Waals surface area contributed by atoms with Gasteiger partial charge in [-0.2, -0.15) is 5.26 Å². The molecule has 0 amide bonds. The highest BCUT2D eigenvalue weighted by molar-refractivity contribution is 6.69. The highest BCUT2D eigenvalue weighted by atomic mass is 35.5. The number of nitrogens with zero attached hydrogens (tertiary/aromatic N) is 1. The van der Waals surface area contributed by atoms with Crippen molar-refractivity contribution in [1.29, 1.82) is 10.7 Å². The van der Waals surface area contributed by atoms with Crippen molar-refractivity contribution in [2.75, 3.05) is 0 Å². The molecule has 0 saturated heterocycles. The Hall–Kier alpha value is -2.94. The maximum absolute atomic E-state index is 9.30. The lowest BCUT2D eigenvalue weighted by Gasteiger charge is -2.15. The molecular formula is C18H14Cl2N4O. The maximum atomic E-state index is 9.30. The molecule has 0 heterocycles. The van der Waals surface area contributed by atoms with Gasteiger partial charge >= 0.3 is 0 Å².